The van der Waals surface area contributed by atoms with Crippen molar-refractivity contribution in [3.63, 3.8) is 0 Å². The lowest BCUT2D eigenvalue weighted by molar-refractivity contribution is -0.117. The molecule has 0 bridgehead atoms. The van der Waals surface area contributed by atoms with Gasteiger partial charge in [-0.1, -0.05) is 37.0 Å². The Kier molecular flexibility index (Phi) is 6.67. The van der Waals surface area contributed by atoms with Crippen molar-refractivity contribution in [1.82, 2.24) is 0 Å². The molecule has 0 N–H and O–H groups in total. The van der Waals surface area contributed by atoms with Crippen molar-refractivity contribution in [2.45, 2.75) is 46.0 Å². The molecule has 4 heteroatoms. The molecule has 1 rings (SSSR count). The lowest BCUT2D eigenvalue weighted by Gasteiger charge is -2.18. The smallest absolute Gasteiger partial charge is 0.141 e. The summed E-state index contributed by atoms with van der Waals surface area (Å²) in [5, 5.41) is 1.13. The Morgan fingerprint density at radius 2 is 2.05 bits per heavy atom. The number of ether oxygens (including phenoxy) is 1. The Balaban J connectivity index is 2.98. The maximum absolute atomic E-state index is 11.1. The summed E-state index contributed by atoms with van der Waals surface area (Å²) in [5.41, 5.74) is 0.979. The van der Waals surface area contributed by atoms with Crippen molar-refractivity contribution < 1.29 is 9.53 Å². The van der Waals surface area contributed by atoms with Crippen LogP contribution in [0.5, 0.6) is 5.75 Å². The van der Waals surface area contributed by atoms with Crippen molar-refractivity contribution in [2.75, 3.05) is 6.61 Å². The van der Waals surface area contributed by atoms with Crippen molar-refractivity contribution in [3.8, 4) is 5.75 Å². The standard InChI is InChI=1S/C15H20Cl2O2/c1-4-7-19-15-13(8-12(16)9-14(15)17)10(2)5-6-11(3)18/h8-10H,4-7H2,1-3H3. The predicted molar refractivity (Wildman–Crippen MR) is 80.6 cm³/mol. The first-order valence-corrected chi connectivity index (χ1v) is 7.32. The summed E-state index contributed by atoms with van der Waals surface area (Å²) in [7, 11) is 0. The molecule has 0 amide bonds. The van der Waals surface area contributed by atoms with Crippen LogP contribution in [0.1, 0.15) is 51.5 Å². The predicted octanol–water partition coefficient (Wildman–Crippen LogP) is 5.25. The molecule has 0 saturated carbocycles. The van der Waals surface area contributed by atoms with Gasteiger partial charge in [0.25, 0.3) is 0 Å². The van der Waals surface area contributed by atoms with Gasteiger partial charge in [0.05, 0.1) is 11.6 Å². The van der Waals surface area contributed by atoms with E-state index in [0.717, 1.165) is 18.4 Å². The Morgan fingerprint density at radius 3 is 2.63 bits per heavy atom. The zero-order valence-electron chi connectivity index (χ0n) is 11.6. The third-order valence-corrected chi connectivity index (χ3v) is 3.45. The third-order valence-electron chi connectivity index (χ3n) is 2.95. The molecule has 1 unspecified atom stereocenters. The average Bonchev–Trinajstić information content (AvgIpc) is 2.34. The number of carbonyl (C=O) groups is 1. The van der Waals surface area contributed by atoms with Gasteiger partial charge in [-0.05, 0) is 43.4 Å². The van der Waals surface area contributed by atoms with Crippen LogP contribution in [-0.4, -0.2) is 12.4 Å². The summed E-state index contributed by atoms with van der Waals surface area (Å²) < 4.78 is 5.72. The topological polar surface area (TPSA) is 26.3 Å². The lowest BCUT2D eigenvalue weighted by Crippen LogP contribution is -2.04. The second kappa shape index (κ2) is 7.76. The summed E-state index contributed by atoms with van der Waals surface area (Å²) in [6.07, 6.45) is 2.24. The molecule has 0 spiro atoms. The minimum Gasteiger partial charge on any atom is -0.492 e. The quantitative estimate of drug-likeness (QED) is 0.687. The minimum absolute atomic E-state index is 0.187. The van der Waals surface area contributed by atoms with E-state index in [1.54, 1.807) is 13.0 Å². The van der Waals surface area contributed by atoms with Gasteiger partial charge in [-0.15, -0.1) is 0 Å². The zero-order valence-corrected chi connectivity index (χ0v) is 13.1. The van der Waals surface area contributed by atoms with Crippen LogP contribution >= 0.6 is 23.2 Å². The van der Waals surface area contributed by atoms with Crippen molar-refractivity contribution in [1.29, 1.82) is 0 Å². The summed E-state index contributed by atoms with van der Waals surface area (Å²) in [5.74, 6) is 1.08. The van der Waals surface area contributed by atoms with E-state index in [0.29, 0.717) is 28.8 Å². The fourth-order valence-electron chi connectivity index (χ4n) is 1.88. The molecule has 0 aliphatic heterocycles. The molecule has 2 nitrogen and oxygen atoms in total. The minimum atomic E-state index is 0.187. The lowest BCUT2D eigenvalue weighted by atomic mass is 9.94. The van der Waals surface area contributed by atoms with Gasteiger partial charge in [0.1, 0.15) is 11.5 Å². The zero-order chi connectivity index (χ0) is 14.4. The highest BCUT2D eigenvalue weighted by atomic mass is 35.5. The molecule has 1 atom stereocenters. The van der Waals surface area contributed by atoms with Gasteiger partial charge in [-0.3, -0.25) is 0 Å². The first-order valence-electron chi connectivity index (χ1n) is 6.56. The second-order valence-corrected chi connectivity index (χ2v) is 5.64. The van der Waals surface area contributed by atoms with Crippen LogP contribution in [0, 0.1) is 0 Å². The molecule has 1 aromatic rings. The average molecular weight is 303 g/mol. The van der Waals surface area contributed by atoms with Crippen LogP contribution in [0.3, 0.4) is 0 Å². The van der Waals surface area contributed by atoms with Crippen LogP contribution in [0.2, 0.25) is 10.0 Å². The van der Waals surface area contributed by atoms with E-state index in [2.05, 4.69) is 6.92 Å². The number of hydrogen-bond acceptors (Lipinski definition) is 2. The Bertz CT molecular complexity index is 444. The molecule has 0 heterocycles. The van der Waals surface area contributed by atoms with Crippen LogP contribution < -0.4 is 4.74 Å². The number of halogens is 2. The van der Waals surface area contributed by atoms with Gasteiger partial charge in [-0.2, -0.15) is 0 Å². The largest absolute Gasteiger partial charge is 0.492 e. The van der Waals surface area contributed by atoms with Gasteiger partial charge in [-0.25, -0.2) is 0 Å². The number of carbonyl (C=O) groups excluding carboxylic acids is 1. The molecule has 0 aliphatic rings. The van der Waals surface area contributed by atoms with Crippen molar-refractivity contribution in [2.24, 2.45) is 0 Å². The van der Waals surface area contributed by atoms with E-state index in [4.69, 9.17) is 27.9 Å². The normalized spacial score (nSPS) is 12.3. The number of hydrogen-bond donors (Lipinski definition) is 0. The van der Waals surface area contributed by atoms with Gasteiger partial charge < -0.3 is 9.53 Å². The van der Waals surface area contributed by atoms with Crippen LogP contribution in [0.15, 0.2) is 12.1 Å². The van der Waals surface area contributed by atoms with E-state index in [1.165, 1.54) is 0 Å². The molecule has 19 heavy (non-hydrogen) atoms. The SMILES string of the molecule is CCCOc1c(Cl)cc(Cl)cc1C(C)CCC(C)=O. The van der Waals surface area contributed by atoms with Crippen molar-refractivity contribution >= 4 is 29.0 Å². The van der Waals surface area contributed by atoms with E-state index < -0.39 is 0 Å². The second-order valence-electron chi connectivity index (χ2n) is 4.80. The maximum Gasteiger partial charge on any atom is 0.141 e. The Hall–Kier alpha value is -0.730. The molecule has 1 aromatic carbocycles. The number of ketones is 1. The van der Waals surface area contributed by atoms with Gasteiger partial charge in [0.2, 0.25) is 0 Å². The van der Waals surface area contributed by atoms with E-state index in [1.807, 2.05) is 13.0 Å². The third kappa shape index (κ3) is 5.04. The molecule has 0 aliphatic carbocycles. The molecule has 0 aromatic heterocycles. The number of rotatable bonds is 7. The molecule has 0 radical (unpaired) electrons. The maximum atomic E-state index is 11.1. The van der Waals surface area contributed by atoms with Crippen LogP contribution in [0.4, 0.5) is 0 Å². The monoisotopic (exact) mass is 302 g/mol. The molecule has 0 saturated heterocycles. The van der Waals surface area contributed by atoms with Crippen LogP contribution in [0.25, 0.3) is 0 Å². The van der Waals surface area contributed by atoms with Gasteiger partial charge >= 0.3 is 0 Å². The summed E-state index contributed by atoms with van der Waals surface area (Å²) in [6, 6.07) is 3.57. The highest BCUT2D eigenvalue weighted by molar-refractivity contribution is 6.35. The fraction of sp³-hybridized carbons (Fsp3) is 0.533. The van der Waals surface area contributed by atoms with Gasteiger partial charge in [0.15, 0.2) is 0 Å². The molecular weight excluding hydrogens is 283 g/mol. The number of benzene rings is 1. The molecular formula is C15H20Cl2O2. The fourth-order valence-corrected chi connectivity index (χ4v) is 2.44. The van der Waals surface area contributed by atoms with Gasteiger partial charge in [0, 0.05) is 11.4 Å². The van der Waals surface area contributed by atoms with Crippen LogP contribution in [-0.2, 0) is 4.79 Å². The Labute approximate surface area is 125 Å². The number of Topliss-reactive ketones (excluding diaryl/α,β-unsaturated/α-hetero) is 1. The highest BCUT2D eigenvalue weighted by Crippen LogP contribution is 2.38. The first kappa shape index (κ1) is 16.3. The summed E-state index contributed by atoms with van der Waals surface area (Å²) in [6.45, 7) is 6.33. The summed E-state index contributed by atoms with van der Waals surface area (Å²) in [4.78, 5) is 11.1. The molecule has 0 fully saturated rings. The van der Waals surface area contributed by atoms with Crippen molar-refractivity contribution in [3.05, 3.63) is 27.7 Å². The van der Waals surface area contributed by atoms with E-state index in [-0.39, 0.29) is 11.7 Å². The van der Waals surface area contributed by atoms with E-state index >= 15 is 0 Å². The molecule has 106 valence electrons. The summed E-state index contributed by atoms with van der Waals surface area (Å²) >= 11 is 12.3. The van der Waals surface area contributed by atoms with E-state index in [9.17, 15) is 4.79 Å². The highest BCUT2D eigenvalue weighted by Gasteiger charge is 2.16. The first-order chi connectivity index (χ1) is 8.95. The Morgan fingerprint density at radius 1 is 1.37 bits per heavy atom.